The van der Waals surface area contributed by atoms with E-state index in [-0.39, 0.29) is 43.2 Å². The van der Waals surface area contributed by atoms with Crippen molar-refractivity contribution in [3.05, 3.63) is 109 Å². The second kappa shape index (κ2) is 17.9. The van der Waals surface area contributed by atoms with Gasteiger partial charge in [-0.1, -0.05) is 66.7 Å². The molecule has 2 aliphatic heterocycles. The number of amides is 3. The van der Waals surface area contributed by atoms with Gasteiger partial charge in [0.15, 0.2) is 0 Å². The first-order chi connectivity index (χ1) is 29.2. The lowest BCUT2D eigenvalue weighted by Gasteiger charge is -2.30. The Balaban J connectivity index is 0.917. The van der Waals surface area contributed by atoms with Gasteiger partial charge in [0.25, 0.3) is 0 Å². The van der Waals surface area contributed by atoms with Gasteiger partial charge in [-0.05, 0) is 66.5 Å². The summed E-state index contributed by atoms with van der Waals surface area (Å²) in [7, 11) is 3.19. The highest BCUT2D eigenvalue weighted by atomic mass is 16.5. The number of carboxylic acid groups (broad SMARTS) is 1. The molecular weight excluding hydrogens is 763 g/mol. The molecule has 0 aliphatic carbocycles. The number of nitrogens with one attached hydrogen (secondary N) is 5. The van der Waals surface area contributed by atoms with Crippen molar-refractivity contribution in [3.8, 4) is 33.6 Å². The van der Waals surface area contributed by atoms with Crippen LogP contribution in [0.1, 0.15) is 61.9 Å². The molecule has 0 radical (unpaired) electrons. The van der Waals surface area contributed by atoms with Crippen molar-refractivity contribution in [1.82, 2.24) is 45.4 Å². The second-order valence-corrected chi connectivity index (χ2v) is 15.5. The smallest absolute Gasteiger partial charge is 0.405 e. The maximum Gasteiger partial charge on any atom is 0.405 e. The van der Waals surface area contributed by atoms with Crippen molar-refractivity contribution in [2.24, 2.45) is 0 Å². The third kappa shape index (κ3) is 8.41. The average molecular weight is 814 g/mol. The summed E-state index contributed by atoms with van der Waals surface area (Å²) in [6.07, 6.45) is 7.35. The van der Waals surface area contributed by atoms with Crippen LogP contribution in [0.3, 0.4) is 0 Å². The third-order valence-corrected chi connectivity index (χ3v) is 11.9. The molecule has 0 saturated carbocycles. The average Bonchev–Trinajstić information content (AvgIpc) is 4.13. The van der Waals surface area contributed by atoms with Gasteiger partial charge in [0.05, 0.1) is 48.7 Å². The maximum absolute atomic E-state index is 14.0. The Labute approximate surface area is 347 Å². The van der Waals surface area contributed by atoms with Crippen LogP contribution in [0.2, 0.25) is 0 Å². The van der Waals surface area contributed by atoms with Crippen LogP contribution in [-0.2, 0) is 25.5 Å². The topological polar surface area (TPSA) is 194 Å². The Morgan fingerprint density at radius 1 is 0.800 bits per heavy atom. The van der Waals surface area contributed by atoms with Gasteiger partial charge in [0.1, 0.15) is 23.7 Å². The number of ether oxygens (including phenoxy) is 2. The summed E-state index contributed by atoms with van der Waals surface area (Å²) in [4.78, 5) is 62.6. The molecule has 15 heteroatoms. The number of carbonyl (C=O) groups is 3. The summed E-state index contributed by atoms with van der Waals surface area (Å²) in [6.45, 7) is 3.29. The fourth-order valence-corrected chi connectivity index (χ4v) is 8.63. The molecule has 0 bridgehead atoms. The fourth-order valence-electron chi connectivity index (χ4n) is 8.63. The number of H-pyrrole nitrogens is 3. The van der Waals surface area contributed by atoms with Gasteiger partial charge in [0.2, 0.25) is 11.8 Å². The van der Waals surface area contributed by atoms with Gasteiger partial charge < -0.3 is 44.6 Å². The standard InChI is InChI=1S/C45H51N9O6/c1-27(60-3)40(49-26-59-2)44(56)54-21-7-11-39(54)42-48-25-37(51-42)31-18-14-29(15-19-31)28-12-16-30(17-13-28)36-24-47-41(50-36)38-10-6-20-53(38)43(55)35(52-45(57)58)22-32-23-46-34-9-5-4-8-33(32)34/h4-5,8-9,12-19,23-25,27,35,38-40,46,49,52H,6-7,10-11,20-22,26H2,1-3H3,(H,47,50)(H,48,51)(H,57,58)/t27-,35+,38+,39?,40+/m1/s1. The zero-order chi connectivity index (χ0) is 41.8. The monoisotopic (exact) mass is 813 g/mol. The number of benzene rings is 3. The molecule has 6 N–H and O–H groups in total. The summed E-state index contributed by atoms with van der Waals surface area (Å²) in [5.41, 5.74) is 7.58. The SMILES string of the molecule is COCN[C@H](C(=O)N1CCCC1c1ncc(-c2ccc(-c3ccc(-c4cnc([C@@H]5CCCN5C(=O)[C@H](Cc5c[nH]c6ccccc56)NC(=O)O)[nH]4)cc3)cc2)[nH]1)[C@@H](C)OC. The first-order valence-electron chi connectivity index (χ1n) is 20.4. The highest BCUT2D eigenvalue weighted by Gasteiger charge is 2.38. The summed E-state index contributed by atoms with van der Waals surface area (Å²) in [6, 6.07) is 22.4. The zero-order valence-corrected chi connectivity index (χ0v) is 34.0. The van der Waals surface area contributed by atoms with E-state index in [9.17, 15) is 19.5 Å². The fraction of sp³-hybridized carbons (Fsp3) is 0.356. The summed E-state index contributed by atoms with van der Waals surface area (Å²) < 4.78 is 10.7. The molecule has 15 nitrogen and oxygen atoms in total. The normalized spacial score (nSPS) is 18.2. The molecule has 3 aromatic carbocycles. The van der Waals surface area contributed by atoms with E-state index in [1.807, 2.05) is 60.6 Å². The number of carbonyl (C=O) groups excluding carboxylic acids is 2. The quantitative estimate of drug-likeness (QED) is 0.0635. The van der Waals surface area contributed by atoms with E-state index in [2.05, 4.69) is 62.0 Å². The summed E-state index contributed by atoms with van der Waals surface area (Å²) in [5, 5.41) is 16.3. The minimum Gasteiger partial charge on any atom is -0.465 e. The Bertz CT molecular complexity index is 2420. The first kappa shape index (κ1) is 40.5. The lowest BCUT2D eigenvalue weighted by Crippen LogP contribution is -2.52. The Kier molecular flexibility index (Phi) is 12.1. The molecule has 2 saturated heterocycles. The number of fused-ring (bicyclic) bond motifs is 1. The van der Waals surface area contributed by atoms with Crippen molar-refractivity contribution in [2.75, 3.05) is 34.0 Å². The number of methoxy groups -OCH3 is 2. The molecule has 2 fully saturated rings. The predicted octanol–water partition coefficient (Wildman–Crippen LogP) is 6.42. The lowest BCUT2D eigenvalue weighted by molar-refractivity contribution is -0.138. The maximum atomic E-state index is 14.0. The lowest BCUT2D eigenvalue weighted by atomic mass is 10.0. The van der Waals surface area contributed by atoms with Crippen LogP contribution in [0.15, 0.2) is 91.4 Å². The van der Waals surface area contributed by atoms with E-state index in [0.717, 1.165) is 81.6 Å². The number of imidazole rings is 2. The van der Waals surface area contributed by atoms with Crippen molar-refractivity contribution in [3.63, 3.8) is 0 Å². The van der Waals surface area contributed by atoms with Gasteiger partial charge in [-0.15, -0.1) is 0 Å². The predicted molar refractivity (Wildman–Crippen MR) is 227 cm³/mol. The molecule has 1 unspecified atom stereocenters. The van der Waals surface area contributed by atoms with Crippen LogP contribution in [0.5, 0.6) is 0 Å². The highest BCUT2D eigenvalue weighted by Crippen LogP contribution is 2.35. The van der Waals surface area contributed by atoms with Gasteiger partial charge in [-0.2, -0.15) is 0 Å². The number of aromatic nitrogens is 5. The molecule has 3 aromatic heterocycles. The van der Waals surface area contributed by atoms with Crippen LogP contribution in [0.4, 0.5) is 4.79 Å². The van der Waals surface area contributed by atoms with E-state index in [1.165, 1.54) is 0 Å². The number of likely N-dealkylation sites (tertiary alicyclic amines) is 2. The van der Waals surface area contributed by atoms with Crippen molar-refractivity contribution in [1.29, 1.82) is 0 Å². The van der Waals surface area contributed by atoms with E-state index < -0.39 is 18.2 Å². The van der Waals surface area contributed by atoms with Crippen LogP contribution in [0, 0.1) is 0 Å². The highest BCUT2D eigenvalue weighted by molar-refractivity contribution is 5.88. The number of rotatable bonds is 15. The second-order valence-electron chi connectivity index (χ2n) is 15.5. The van der Waals surface area contributed by atoms with E-state index >= 15 is 0 Å². The van der Waals surface area contributed by atoms with Gasteiger partial charge in [-0.25, -0.2) is 14.8 Å². The van der Waals surface area contributed by atoms with Crippen LogP contribution in [-0.4, -0.2) is 110 Å². The van der Waals surface area contributed by atoms with Crippen molar-refractivity contribution < 1.29 is 29.0 Å². The molecule has 0 spiro atoms. The zero-order valence-electron chi connectivity index (χ0n) is 34.0. The largest absolute Gasteiger partial charge is 0.465 e. The first-order valence-corrected chi connectivity index (χ1v) is 20.4. The van der Waals surface area contributed by atoms with Crippen molar-refractivity contribution in [2.45, 2.75) is 69.3 Å². The minimum absolute atomic E-state index is 0.0311. The van der Waals surface area contributed by atoms with Crippen LogP contribution < -0.4 is 10.6 Å². The Morgan fingerprint density at radius 2 is 1.35 bits per heavy atom. The third-order valence-electron chi connectivity index (χ3n) is 11.9. The molecular formula is C45H51N9O6. The number of aromatic amines is 3. The molecule has 2 aliphatic rings. The van der Waals surface area contributed by atoms with E-state index in [0.29, 0.717) is 18.9 Å². The van der Waals surface area contributed by atoms with Crippen LogP contribution >= 0.6 is 0 Å². The molecule has 8 rings (SSSR count). The van der Waals surface area contributed by atoms with E-state index in [1.54, 1.807) is 25.3 Å². The Hall–Kier alpha value is -6.29. The number of para-hydroxylation sites is 1. The molecule has 312 valence electrons. The minimum atomic E-state index is -1.24. The number of hydrogen-bond acceptors (Lipinski definition) is 8. The van der Waals surface area contributed by atoms with Crippen LogP contribution in [0.25, 0.3) is 44.5 Å². The van der Waals surface area contributed by atoms with E-state index in [4.69, 9.17) is 19.4 Å². The van der Waals surface area contributed by atoms with Gasteiger partial charge in [-0.3, -0.25) is 14.9 Å². The molecule has 5 atom stereocenters. The molecule has 6 aromatic rings. The Morgan fingerprint density at radius 3 is 1.90 bits per heavy atom. The van der Waals surface area contributed by atoms with Gasteiger partial charge >= 0.3 is 6.09 Å². The van der Waals surface area contributed by atoms with Gasteiger partial charge in [0, 0.05) is 50.8 Å². The number of nitrogens with zero attached hydrogens (tertiary/aromatic N) is 4. The number of hydrogen-bond donors (Lipinski definition) is 6. The summed E-state index contributed by atoms with van der Waals surface area (Å²) >= 11 is 0. The molecule has 5 heterocycles. The van der Waals surface area contributed by atoms with Crippen molar-refractivity contribution >= 4 is 28.8 Å². The summed E-state index contributed by atoms with van der Waals surface area (Å²) in [5.74, 6) is 1.14. The molecule has 60 heavy (non-hydrogen) atoms. The molecule has 3 amide bonds.